The zero-order chi connectivity index (χ0) is 20.2. The molecule has 6 nitrogen and oxygen atoms in total. The molecule has 0 saturated heterocycles. The zero-order valence-electron chi connectivity index (χ0n) is 16.4. The van der Waals surface area contributed by atoms with Crippen LogP contribution >= 0.6 is 11.8 Å². The van der Waals surface area contributed by atoms with Gasteiger partial charge in [-0.15, -0.1) is 10.2 Å². The third-order valence-electron chi connectivity index (χ3n) is 4.31. The molecule has 2 aromatic heterocycles. The van der Waals surface area contributed by atoms with Crippen molar-refractivity contribution in [1.29, 1.82) is 0 Å². The Labute approximate surface area is 173 Å². The SMILES string of the molecule is COc1ccc(-c2nnc(C(C)Sc3nc(C)cc(-c4ccccc4)n3)o2)cc1. The lowest BCUT2D eigenvalue weighted by Crippen LogP contribution is -1.96. The normalized spacial score (nSPS) is 12.0. The van der Waals surface area contributed by atoms with Gasteiger partial charge in [0.25, 0.3) is 0 Å². The van der Waals surface area contributed by atoms with Crippen LogP contribution in [-0.4, -0.2) is 27.3 Å². The molecule has 7 heteroatoms. The summed E-state index contributed by atoms with van der Waals surface area (Å²) in [6.07, 6.45) is 0. The van der Waals surface area contributed by atoms with Crippen LogP contribution in [0.1, 0.15) is 23.8 Å². The Hall–Kier alpha value is -3.19. The largest absolute Gasteiger partial charge is 0.497 e. The first kappa shape index (κ1) is 19.1. The summed E-state index contributed by atoms with van der Waals surface area (Å²) in [5.41, 5.74) is 3.72. The molecule has 29 heavy (non-hydrogen) atoms. The molecule has 4 rings (SSSR count). The molecule has 146 valence electrons. The summed E-state index contributed by atoms with van der Waals surface area (Å²) in [5, 5.41) is 8.98. The Morgan fingerprint density at radius 1 is 0.931 bits per heavy atom. The van der Waals surface area contributed by atoms with Gasteiger partial charge in [-0.2, -0.15) is 0 Å². The van der Waals surface area contributed by atoms with Gasteiger partial charge in [-0.05, 0) is 44.2 Å². The van der Waals surface area contributed by atoms with Gasteiger partial charge in [-0.1, -0.05) is 42.1 Å². The van der Waals surface area contributed by atoms with Crippen molar-refractivity contribution >= 4 is 11.8 Å². The van der Waals surface area contributed by atoms with Gasteiger partial charge < -0.3 is 9.15 Å². The van der Waals surface area contributed by atoms with E-state index in [1.165, 1.54) is 11.8 Å². The van der Waals surface area contributed by atoms with Gasteiger partial charge in [0.05, 0.1) is 18.1 Å². The minimum atomic E-state index is -0.0834. The smallest absolute Gasteiger partial charge is 0.247 e. The van der Waals surface area contributed by atoms with Crippen molar-refractivity contribution in [3.05, 3.63) is 72.2 Å². The third kappa shape index (κ3) is 4.46. The molecule has 0 N–H and O–H groups in total. The van der Waals surface area contributed by atoms with Crippen LogP contribution in [0.2, 0.25) is 0 Å². The second-order valence-corrected chi connectivity index (χ2v) is 7.79. The highest BCUT2D eigenvalue weighted by Gasteiger charge is 2.18. The Morgan fingerprint density at radius 2 is 1.69 bits per heavy atom. The highest BCUT2D eigenvalue weighted by molar-refractivity contribution is 7.99. The van der Waals surface area contributed by atoms with Gasteiger partial charge >= 0.3 is 0 Å². The molecule has 1 unspecified atom stereocenters. The first-order valence-corrected chi connectivity index (χ1v) is 10.1. The van der Waals surface area contributed by atoms with Crippen molar-refractivity contribution in [2.75, 3.05) is 7.11 Å². The molecular weight excluding hydrogens is 384 g/mol. The van der Waals surface area contributed by atoms with Gasteiger partial charge in [0, 0.05) is 16.8 Å². The standard InChI is InChI=1S/C22H20N4O2S/c1-14-13-19(16-7-5-4-6-8-16)24-22(23-14)29-15(2)20-25-26-21(28-20)17-9-11-18(27-3)12-10-17/h4-13,15H,1-3H3. The molecule has 0 amide bonds. The molecule has 1 atom stereocenters. The van der Waals surface area contributed by atoms with E-state index in [-0.39, 0.29) is 5.25 Å². The molecule has 0 aliphatic rings. The number of benzene rings is 2. The maximum Gasteiger partial charge on any atom is 0.247 e. The Morgan fingerprint density at radius 3 is 2.41 bits per heavy atom. The van der Waals surface area contributed by atoms with E-state index in [1.807, 2.05) is 74.5 Å². The van der Waals surface area contributed by atoms with Crippen LogP contribution in [-0.2, 0) is 0 Å². The van der Waals surface area contributed by atoms with E-state index < -0.39 is 0 Å². The van der Waals surface area contributed by atoms with Crippen LogP contribution in [0, 0.1) is 6.92 Å². The predicted molar refractivity (Wildman–Crippen MR) is 113 cm³/mol. The number of nitrogens with zero attached hydrogens (tertiary/aromatic N) is 4. The van der Waals surface area contributed by atoms with Crippen molar-refractivity contribution in [2.45, 2.75) is 24.3 Å². The summed E-state index contributed by atoms with van der Waals surface area (Å²) in [7, 11) is 1.63. The van der Waals surface area contributed by atoms with Crippen LogP contribution in [0.5, 0.6) is 5.75 Å². The minimum Gasteiger partial charge on any atom is -0.497 e. The molecular formula is C22H20N4O2S. The lowest BCUT2D eigenvalue weighted by atomic mass is 10.1. The van der Waals surface area contributed by atoms with Crippen molar-refractivity contribution in [1.82, 2.24) is 20.2 Å². The maximum absolute atomic E-state index is 5.88. The second-order valence-electron chi connectivity index (χ2n) is 6.48. The molecule has 0 fully saturated rings. The van der Waals surface area contributed by atoms with Crippen molar-refractivity contribution in [3.8, 4) is 28.5 Å². The van der Waals surface area contributed by atoms with Crippen LogP contribution in [0.15, 0.2) is 70.2 Å². The van der Waals surface area contributed by atoms with Gasteiger partial charge in [0.2, 0.25) is 11.8 Å². The molecule has 0 spiro atoms. The Kier molecular flexibility index (Phi) is 5.57. The number of methoxy groups -OCH3 is 1. The summed E-state index contributed by atoms with van der Waals surface area (Å²) < 4.78 is 11.1. The molecule has 2 aromatic carbocycles. The lowest BCUT2D eigenvalue weighted by Gasteiger charge is -2.08. The van der Waals surface area contributed by atoms with Crippen molar-refractivity contribution in [2.24, 2.45) is 0 Å². The lowest BCUT2D eigenvalue weighted by molar-refractivity contribution is 0.415. The summed E-state index contributed by atoms with van der Waals surface area (Å²) in [5.74, 6) is 1.79. The third-order valence-corrected chi connectivity index (χ3v) is 5.26. The summed E-state index contributed by atoms with van der Waals surface area (Å²) in [6.45, 7) is 3.97. The van der Waals surface area contributed by atoms with Crippen LogP contribution in [0.25, 0.3) is 22.7 Å². The molecule has 0 aliphatic carbocycles. The van der Waals surface area contributed by atoms with E-state index in [0.717, 1.165) is 28.3 Å². The number of hydrogen-bond acceptors (Lipinski definition) is 7. The van der Waals surface area contributed by atoms with Gasteiger partial charge in [-0.3, -0.25) is 0 Å². The quantitative estimate of drug-likeness (QED) is 0.316. The van der Waals surface area contributed by atoms with E-state index in [1.54, 1.807) is 7.11 Å². The van der Waals surface area contributed by atoms with Crippen LogP contribution in [0.4, 0.5) is 0 Å². The summed E-state index contributed by atoms with van der Waals surface area (Å²) >= 11 is 1.50. The van der Waals surface area contributed by atoms with Crippen LogP contribution < -0.4 is 4.74 Å². The van der Waals surface area contributed by atoms with E-state index in [4.69, 9.17) is 14.1 Å². The van der Waals surface area contributed by atoms with Gasteiger partial charge in [0.15, 0.2) is 5.16 Å². The van der Waals surface area contributed by atoms with E-state index in [0.29, 0.717) is 16.9 Å². The number of rotatable bonds is 6. The molecule has 4 aromatic rings. The Balaban J connectivity index is 1.53. The fourth-order valence-corrected chi connectivity index (χ4v) is 3.67. The van der Waals surface area contributed by atoms with Gasteiger partial charge in [-0.25, -0.2) is 9.97 Å². The molecule has 0 saturated carbocycles. The van der Waals surface area contributed by atoms with E-state index in [2.05, 4.69) is 15.2 Å². The molecule has 2 heterocycles. The first-order chi connectivity index (χ1) is 14.1. The predicted octanol–water partition coefficient (Wildman–Crippen LogP) is 5.36. The van der Waals surface area contributed by atoms with E-state index >= 15 is 0 Å². The first-order valence-electron chi connectivity index (χ1n) is 9.18. The number of hydrogen-bond donors (Lipinski definition) is 0. The maximum atomic E-state index is 5.88. The molecule has 0 bridgehead atoms. The average molecular weight is 404 g/mol. The fraction of sp³-hybridized carbons (Fsp3) is 0.182. The van der Waals surface area contributed by atoms with Crippen molar-refractivity contribution in [3.63, 3.8) is 0 Å². The highest BCUT2D eigenvalue weighted by Crippen LogP contribution is 2.34. The second kappa shape index (κ2) is 8.45. The number of aromatic nitrogens is 4. The van der Waals surface area contributed by atoms with Crippen molar-refractivity contribution < 1.29 is 9.15 Å². The van der Waals surface area contributed by atoms with Crippen LogP contribution in [0.3, 0.4) is 0 Å². The average Bonchev–Trinajstić information content (AvgIpc) is 3.24. The monoisotopic (exact) mass is 404 g/mol. The fourth-order valence-electron chi connectivity index (χ4n) is 2.81. The van der Waals surface area contributed by atoms with Gasteiger partial charge in [0.1, 0.15) is 5.75 Å². The summed E-state index contributed by atoms with van der Waals surface area (Å²) in [4.78, 5) is 9.26. The number of aryl methyl sites for hydroxylation is 1. The summed E-state index contributed by atoms with van der Waals surface area (Å²) in [6, 6.07) is 19.6. The minimum absolute atomic E-state index is 0.0834. The molecule has 0 aliphatic heterocycles. The topological polar surface area (TPSA) is 73.9 Å². The highest BCUT2D eigenvalue weighted by atomic mass is 32.2. The van der Waals surface area contributed by atoms with E-state index in [9.17, 15) is 0 Å². The number of thioether (sulfide) groups is 1. The number of ether oxygens (including phenoxy) is 1. The zero-order valence-corrected chi connectivity index (χ0v) is 17.2. The Bertz CT molecular complexity index is 1100. The molecule has 0 radical (unpaired) electrons.